The SMILES string of the molecule is COCc1nc(CCN2CCOCC2)sc1C(=N)N. The van der Waals surface area contributed by atoms with Crippen LogP contribution >= 0.6 is 11.3 Å². The Morgan fingerprint density at radius 2 is 2.26 bits per heavy atom. The third-order valence-corrected chi connectivity index (χ3v) is 4.20. The van der Waals surface area contributed by atoms with E-state index in [1.165, 1.54) is 11.3 Å². The molecule has 0 bridgehead atoms. The van der Waals surface area contributed by atoms with Crippen LogP contribution in [0.2, 0.25) is 0 Å². The van der Waals surface area contributed by atoms with Crippen LogP contribution in [0.1, 0.15) is 15.6 Å². The topological polar surface area (TPSA) is 84.5 Å². The van der Waals surface area contributed by atoms with Crippen molar-refractivity contribution in [2.45, 2.75) is 13.0 Å². The van der Waals surface area contributed by atoms with Gasteiger partial charge in [-0.1, -0.05) is 0 Å². The number of nitrogens with one attached hydrogen (secondary N) is 1. The molecule has 6 nitrogen and oxygen atoms in total. The molecule has 2 heterocycles. The number of methoxy groups -OCH3 is 1. The summed E-state index contributed by atoms with van der Waals surface area (Å²) in [5, 5.41) is 8.58. The molecule has 0 spiro atoms. The first kappa shape index (κ1) is 14.4. The van der Waals surface area contributed by atoms with Crippen LogP contribution < -0.4 is 5.73 Å². The van der Waals surface area contributed by atoms with E-state index in [0.717, 1.165) is 54.8 Å². The number of rotatable bonds is 6. The Bertz CT molecular complexity index is 429. The van der Waals surface area contributed by atoms with Crippen molar-refractivity contribution in [3.8, 4) is 0 Å². The first-order chi connectivity index (χ1) is 9.20. The summed E-state index contributed by atoms with van der Waals surface area (Å²) < 4.78 is 10.4. The van der Waals surface area contributed by atoms with Crippen molar-refractivity contribution >= 4 is 17.2 Å². The number of thiazole rings is 1. The van der Waals surface area contributed by atoms with Gasteiger partial charge in [-0.2, -0.15) is 0 Å². The summed E-state index contributed by atoms with van der Waals surface area (Å²) in [6, 6.07) is 0. The molecule has 1 aromatic heterocycles. The van der Waals surface area contributed by atoms with Gasteiger partial charge in [0.25, 0.3) is 0 Å². The maximum atomic E-state index is 7.56. The normalized spacial score (nSPS) is 16.7. The van der Waals surface area contributed by atoms with Gasteiger partial charge in [-0.15, -0.1) is 11.3 Å². The summed E-state index contributed by atoms with van der Waals surface area (Å²) in [5.41, 5.74) is 6.34. The first-order valence-electron chi connectivity index (χ1n) is 6.32. The fourth-order valence-corrected chi connectivity index (χ4v) is 2.95. The van der Waals surface area contributed by atoms with E-state index in [4.69, 9.17) is 20.6 Å². The Morgan fingerprint density at radius 1 is 1.53 bits per heavy atom. The fraction of sp³-hybridized carbons (Fsp3) is 0.667. The van der Waals surface area contributed by atoms with Crippen LogP contribution in [-0.4, -0.2) is 55.7 Å². The van der Waals surface area contributed by atoms with Crippen LogP contribution in [0.25, 0.3) is 0 Å². The molecule has 0 aliphatic carbocycles. The van der Waals surface area contributed by atoms with E-state index in [2.05, 4.69) is 9.88 Å². The monoisotopic (exact) mass is 284 g/mol. The minimum absolute atomic E-state index is 0.0715. The number of morpholine rings is 1. The maximum Gasteiger partial charge on any atom is 0.135 e. The number of nitrogens with two attached hydrogens (primary N) is 1. The second kappa shape index (κ2) is 6.95. The molecule has 0 radical (unpaired) electrons. The molecule has 3 N–H and O–H groups in total. The minimum atomic E-state index is 0.0715. The van der Waals surface area contributed by atoms with Gasteiger partial charge >= 0.3 is 0 Å². The van der Waals surface area contributed by atoms with Gasteiger partial charge in [0.15, 0.2) is 0 Å². The standard InChI is InChI=1S/C12H20N4O2S/c1-17-8-9-11(12(13)14)19-10(15-9)2-3-16-4-6-18-7-5-16/h2-8H2,1H3,(H3,13,14). The average Bonchev–Trinajstić information content (AvgIpc) is 2.81. The molecule has 106 valence electrons. The van der Waals surface area contributed by atoms with Gasteiger partial charge in [0, 0.05) is 33.2 Å². The Labute approximate surface area is 117 Å². The molecular weight excluding hydrogens is 264 g/mol. The number of aromatic nitrogens is 1. The van der Waals surface area contributed by atoms with E-state index in [0.29, 0.717) is 6.61 Å². The molecule has 1 saturated heterocycles. The molecule has 1 fully saturated rings. The summed E-state index contributed by atoms with van der Waals surface area (Å²) in [7, 11) is 1.62. The molecule has 7 heteroatoms. The van der Waals surface area contributed by atoms with E-state index in [1.54, 1.807) is 7.11 Å². The third kappa shape index (κ3) is 3.97. The lowest BCUT2D eigenvalue weighted by atomic mass is 10.3. The van der Waals surface area contributed by atoms with Crippen molar-refractivity contribution in [3.05, 3.63) is 15.6 Å². The summed E-state index contributed by atoms with van der Waals surface area (Å²) in [6.07, 6.45) is 0.884. The zero-order chi connectivity index (χ0) is 13.7. The molecule has 0 amide bonds. The number of amidine groups is 1. The maximum absolute atomic E-state index is 7.56. The van der Waals surface area contributed by atoms with Gasteiger partial charge in [-0.25, -0.2) is 4.98 Å². The lowest BCUT2D eigenvalue weighted by molar-refractivity contribution is 0.0384. The Morgan fingerprint density at radius 3 is 2.89 bits per heavy atom. The van der Waals surface area contributed by atoms with Crippen molar-refractivity contribution in [3.63, 3.8) is 0 Å². The Kier molecular flexibility index (Phi) is 5.26. The van der Waals surface area contributed by atoms with Gasteiger partial charge in [0.1, 0.15) is 5.84 Å². The van der Waals surface area contributed by atoms with Crippen LogP contribution in [0.4, 0.5) is 0 Å². The molecule has 0 aromatic carbocycles. The highest BCUT2D eigenvalue weighted by Gasteiger charge is 2.15. The fourth-order valence-electron chi connectivity index (χ4n) is 2.03. The molecule has 1 aromatic rings. The second-order valence-corrected chi connectivity index (χ2v) is 5.52. The lowest BCUT2D eigenvalue weighted by Gasteiger charge is -2.25. The van der Waals surface area contributed by atoms with E-state index in [-0.39, 0.29) is 5.84 Å². The van der Waals surface area contributed by atoms with Gasteiger partial charge in [0.2, 0.25) is 0 Å². The van der Waals surface area contributed by atoms with E-state index >= 15 is 0 Å². The van der Waals surface area contributed by atoms with Gasteiger partial charge < -0.3 is 15.2 Å². The average molecular weight is 284 g/mol. The number of hydrogen-bond acceptors (Lipinski definition) is 6. The van der Waals surface area contributed by atoms with Gasteiger partial charge in [-0.05, 0) is 0 Å². The number of hydrogen-bond donors (Lipinski definition) is 2. The van der Waals surface area contributed by atoms with Crippen LogP contribution in [0.15, 0.2) is 0 Å². The van der Waals surface area contributed by atoms with Gasteiger partial charge in [-0.3, -0.25) is 10.3 Å². The summed E-state index contributed by atoms with van der Waals surface area (Å²) >= 11 is 1.50. The molecule has 0 atom stereocenters. The molecule has 1 aliphatic rings. The van der Waals surface area contributed by atoms with Crippen molar-refractivity contribution in [2.24, 2.45) is 5.73 Å². The van der Waals surface area contributed by atoms with Gasteiger partial charge in [0.05, 0.1) is 35.4 Å². The molecular formula is C12H20N4O2S. The molecule has 0 unspecified atom stereocenters. The summed E-state index contributed by atoms with van der Waals surface area (Å²) in [4.78, 5) is 7.62. The predicted molar refractivity (Wildman–Crippen MR) is 74.8 cm³/mol. The molecule has 1 aliphatic heterocycles. The van der Waals surface area contributed by atoms with E-state index in [9.17, 15) is 0 Å². The zero-order valence-electron chi connectivity index (χ0n) is 11.1. The summed E-state index contributed by atoms with van der Waals surface area (Å²) in [5.74, 6) is 0.0715. The quantitative estimate of drug-likeness (QED) is 0.585. The lowest BCUT2D eigenvalue weighted by Crippen LogP contribution is -2.37. The van der Waals surface area contributed by atoms with Crippen LogP contribution in [0.3, 0.4) is 0 Å². The summed E-state index contributed by atoms with van der Waals surface area (Å²) in [6.45, 7) is 4.96. The van der Waals surface area contributed by atoms with Crippen LogP contribution in [-0.2, 0) is 22.5 Å². The highest BCUT2D eigenvalue weighted by atomic mass is 32.1. The highest BCUT2D eigenvalue weighted by molar-refractivity contribution is 7.13. The molecule has 19 heavy (non-hydrogen) atoms. The largest absolute Gasteiger partial charge is 0.383 e. The van der Waals surface area contributed by atoms with E-state index in [1.807, 2.05) is 0 Å². The van der Waals surface area contributed by atoms with Crippen molar-refractivity contribution in [1.29, 1.82) is 5.41 Å². The van der Waals surface area contributed by atoms with E-state index < -0.39 is 0 Å². The molecule has 2 rings (SSSR count). The Hall–Kier alpha value is -1.02. The second-order valence-electron chi connectivity index (χ2n) is 4.43. The van der Waals surface area contributed by atoms with Crippen molar-refractivity contribution < 1.29 is 9.47 Å². The number of nitrogens with zero attached hydrogens (tertiary/aromatic N) is 2. The first-order valence-corrected chi connectivity index (χ1v) is 7.14. The Balaban J connectivity index is 1.95. The van der Waals surface area contributed by atoms with Crippen molar-refractivity contribution in [2.75, 3.05) is 40.0 Å². The number of nitrogen functional groups attached to an aromatic ring is 1. The van der Waals surface area contributed by atoms with Crippen LogP contribution in [0.5, 0.6) is 0 Å². The molecule has 0 saturated carbocycles. The number of ether oxygens (including phenoxy) is 2. The minimum Gasteiger partial charge on any atom is -0.383 e. The highest BCUT2D eigenvalue weighted by Crippen LogP contribution is 2.19. The predicted octanol–water partition coefficient (Wildman–Crippen LogP) is 0.448. The third-order valence-electron chi connectivity index (χ3n) is 3.01. The zero-order valence-corrected chi connectivity index (χ0v) is 12.0. The van der Waals surface area contributed by atoms with Crippen LogP contribution in [0, 0.1) is 5.41 Å². The smallest absolute Gasteiger partial charge is 0.135 e. The van der Waals surface area contributed by atoms with Crippen molar-refractivity contribution in [1.82, 2.24) is 9.88 Å².